The molecule has 4 aromatic rings. The molecule has 108 valence electrons. The lowest BCUT2D eigenvalue weighted by Crippen LogP contribution is -2.00. The van der Waals surface area contributed by atoms with Gasteiger partial charge in [0.25, 0.3) is 0 Å². The molecule has 3 heterocycles. The molecule has 0 fully saturated rings. The molecule has 0 spiro atoms. The van der Waals surface area contributed by atoms with Gasteiger partial charge in [-0.25, -0.2) is 14.8 Å². The normalized spacial score (nSPS) is 11.4. The van der Waals surface area contributed by atoms with Gasteiger partial charge in [0, 0.05) is 12.5 Å². The number of hydrogen-bond donors (Lipinski definition) is 0. The largest absolute Gasteiger partial charge is 0.428 e. The van der Waals surface area contributed by atoms with Gasteiger partial charge in [-0.2, -0.15) is 0 Å². The van der Waals surface area contributed by atoms with Crippen LogP contribution in [-0.2, 0) is 0 Å². The smallest absolute Gasteiger partial charge is 0.383 e. The van der Waals surface area contributed by atoms with Gasteiger partial charge in [-0.1, -0.05) is 30.3 Å². The van der Waals surface area contributed by atoms with Gasteiger partial charge in [0.2, 0.25) is 11.3 Å². The zero-order valence-corrected chi connectivity index (χ0v) is 12.1. The Morgan fingerprint density at radius 2 is 1.77 bits per heavy atom. The summed E-state index contributed by atoms with van der Waals surface area (Å²) in [5.41, 5.74) is 3.24. The molecule has 0 saturated carbocycles. The molecule has 4 rings (SSSR count). The van der Waals surface area contributed by atoms with Crippen molar-refractivity contribution in [3.63, 3.8) is 0 Å². The Kier molecular flexibility index (Phi) is 2.63. The zero-order valence-electron chi connectivity index (χ0n) is 12.1. The number of furan rings is 1. The summed E-state index contributed by atoms with van der Waals surface area (Å²) in [7, 11) is 0. The molecular weight excluding hydrogens is 280 g/mol. The summed E-state index contributed by atoms with van der Waals surface area (Å²) >= 11 is 0. The molecule has 0 unspecified atom stereocenters. The molecule has 0 saturated heterocycles. The molecule has 0 aliphatic heterocycles. The van der Waals surface area contributed by atoms with Crippen LogP contribution in [0.4, 0.5) is 0 Å². The van der Waals surface area contributed by atoms with E-state index in [2.05, 4.69) is 9.97 Å². The maximum absolute atomic E-state index is 11.9. The van der Waals surface area contributed by atoms with Crippen molar-refractivity contribution in [1.82, 2.24) is 9.97 Å². The Morgan fingerprint density at radius 1 is 1.00 bits per heavy atom. The lowest BCUT2D eigenvalue weighted by Gasteiger charge is -2.02. The summed E-state index contributed by atoms with van der Waals surface area (Å²) in [6.45, 7) is 3.60. The number of rotatable bonds is 1. The first-order valence-corrected chi connectivity index (χ1v) is 6.90. The quantitative estimate of drug-likeness (QED) is 0.536. The van der Waals surface area contributed by atoms with Crippen LogP contribution in [0.5, 0.6) is 0 Å². The van der Waals surface area contributed by atoms with Gasteiger partial charge in [-0.3, -0.25) is 0 Å². The van der Waals surface area contributed by atoms with Crippen LogP contribution in [0.1, 0.15) is 11.5 Å². The Morgan fingerprint density at radius 3 is 2.55 bits per heavy atom. The molecule has 22 heavy (non-hydrogen) atoms. The van der Waals surface area contributed by atoms with Crippen LogP contribution >= 0.6 is 0 Å². The maximum atomic E-state index is 11.9. The summed E-state index contributed by atoms with van der Waals surface area (Å²) in [5, 5.41) is 0.755. The number of aromatic nitrogens is 2. The average Bonchev–Trinajstić information content (AvgIpc) is 2.87. The molecule has 5 nitrogen and oxygen atoms in total. The van der Waals surface area contributed by atoms with Crippen molar-refractivity contribution >= 4 is 22.2 Å². The van der Waals surface area contributed by atoms with E-state index < -0.39 is 5.63 Å². The van der Waals surface area contributed by atoms with Crippen LogP contribution in [0, 0.1) is 13.8 Å². The second-order valence-electron chi connectivity index (χ2n) is 5.17. The molecule has 0 radical (unpaired) electrons. The van der Waals surface area contributed by atoms with Crippen molar-refractivity contribution in [1.29, 1.82) is 0 Å². The van der Waals surface area contributed by atoms with Crippen molar-refractivity contribution in [2.45, 2.75) is 13.8 Å². The van der Waals surface area contributed by atoms with E-state index in [1.54, 1.807) is 6.92 Å². The van der Waals surface area contributed by atoms with E-state index in [1.165, 1.54) is 0 Å². The highest BCUT2D eigenvalue weighted by Gasteiger charge is 2.17. The van der Waals surface area contributed by atoms with E-state index >= 15 is 0 Å². The third-order valence-electron chi connectivity index (χ3n) is 3.60. The topological polar surface area (TPSA) is 69.1 Å². The first-order valence-electron chi connectivity index (χ1n) is 6.90. The molecule has 0 amide bonds. The van der Waals surface area contributed by atoms with Crippen LogP contribution in [0.3, 0.4) is 0 Å². The van der Waals surface area contributed by atoms with Crippen LogP contribution in [0.2, 0.25) is 0 Å². The van der Waals surface area contributed by atoms with E-state index in [0.717, 1.165) is 22.2 Å². The summed E-state index contributed by atoms with van der Waals surface area (Å²) in [6.07, 6.45) is 0. The van der Waals surface area contributed by atoms with Gasteiger partial charge in [0.1, 0.15) is 5.52 Å². The minimum atomic E-state index is -0.527. The SMILES string of the molecule is Cc1nc2c(oc3nc(-c4ccccc4)cc(C)c32)c(=O)o1. The molecule has 0 N–H and O–H groups in total. The van der Waals surface area contributed by atoms with E-state index in [0.29, 0.717) is 17.1 Å². The van der Waals surface area contributed by atoms with Crippen molar-refractivity contribution in [2.24, 2.45) is 0 Å². The average molecular weight is 292 g/mol. The molecular formula is C17H12N2O3. The molecule has 0 atom stereocenters. The third-order valence-corrected chi connectivity index (χ3v) is 3.60. The molecule has 1 aromatic carbocycles. The van der Waals surface area contributed by atoms with E-state index in [4.69, 9.17) is 8.83 Å². The van der Waals surface area contributed by atoms with Crippen molar-refractivity contribution < 1.29 is 8.83 Å². The fourth-order valence-corrected chi connectivity index (χ4v) is 2.63. The van der Waals surface area contributed by atoms with E-state index in [1.807, 2.05) is 43.3 Å². The van der Waals surface area contributed by atoms with Crippen LogP contribution in [-0.4, -0.2) is 9.97 Å². The number of pyridine rings is 1. The number of nitrogens with zero attached hydrogens (tertiary/aromatic N) is 2. The second-order valence-corrected chi connectivity index (χ2v) is 5.17. The van der Waals surface area contributed by atoms with E-state index in [9.17, 15) is 4.79 Å². The standard InChI is InChI=1S/C17H12N2O3/c1-9-8-12(11-6-4-3-5-7-11)19-16-13(9)14-15(22-16)17(20)21-10(2)18-14/h3-8H,1-2H3. The lowest BCUT2D eigenvalue weighted by atomic mass is 10.1. The predicted octanol–water partition coefficient (Wildman–Crippen LogP) is 3.61. The second kappa shape index (κ2) is 4.53. The minimum absolute atomic E-state index is 0.112. The van der Waals surface area contributed by atoms with Crippen LogP contribution in [0.25, 0.3) is 33.5 Å². The van der Waals surface area contributed by atoms with Gasteiger partial charge in [-0.05, 0) is 18.6 Å². The Balaban J connectivity index is 2.10. The number of aryl methyl sites for hydroxylation is 2. The molecule has 5 heteroatoms. The first-order chi connectivity index (χ1) is 10.6. The summed E-state index contributed by atoms with van der Waals surface area (Å²) in [4.78, 5) is 20.7. The van der Waals surface area contributed by atoms with Crippen LogP contribution < -0.4 is 5.63 Å². The zero-order chi connectivity index (χ0) is 15.3. The van der Waals surface area contributed by atoms with E-state index in [-0.39, 0.29) is 5.58 Å². The fourth-order valence-electron chi connectivity index (χ4n) is 2.63. The highest BCUT2D eigenvalue weighted by Crippen LogP contribution is 2.30. The predicted molar refractivity (Wildman–Crippen MR) is 82.8 cm³/mol. The van der Waals surface area contributed by atoms with Gasteiger partial charge in [0.15, 0.2) is 5.89 Å². The van der Waals surface area contributed by atoms with Gasteiger partial charge < -0.3 is 8.83 Å². The highest BCUT2D eigenvalue weighted by atomic mass is 16.4. The van der Waals surface area contributed by atoms with Crippen molar-refractivity contribution in [3.05, 3.63) is 58.3 Å². The van der Waals surface area contributed by atoms with Gasteiger partial charge >= 0.3 is 5.63 Å². The van der Waals surface area contributed by atoms with Crippen molar-refractivity contribution in [2.75, 3.05) is 0 Å². The Hall–Kier alpha value is -2.95. The number of hydrogen-bond acceptors (Lipinski definition) is 5. The summed E-state index contributed by atoms with van der Waals surface area (Å²) in [5.74, 6) is 0.312. The highest BCUT2D eigenvalue weighted by molar-refractivity contribution is 6.03. The van der Waals surface area contributed by atoms with Crippen molar-refractivity contribution in [3.8, 4) is 11.3 Å². The fraction of sp³-hybridized carbons (Fsp3) is 0.118. The Labute approximate surface area is 125 Å². The Bertz CT molecular complexity index is 1060. The summed E-state index contributed by atoms with van der Waals surface area (Å²) in [6, 6.07) is 11.8. The number of benzene rings is 1. The number of fused-ring (bicyclic) bond motifs is 3. The maximum Gasteiger partial charge on any atom is 0.383 e. The monoisotopic (exact) mass is 292 g/mol. The molecule has 0 aliphatic rings. The third kappa shape index (κ3) is 1.83. The molecule has 0 bridgehead atoms. The van der Waals surface area contributed by atoms with Gasteiger partial charge in [0.05, 0.1) is 11.1 Å². The molecule has 0 aliphatic carbocycles. The molecule has 3 aromatic heterocycles. The van der Waals surface area contributed by atoms with Gasteiger partial charge in [-0.15, -0.1) is 0 Å². The summed E-state index contributed by atoms with van der Waals surface area (Å²) < 4.78 is 10.6. The minimum Gasteiger partial charge on any atom is -0.428 e. The van der Waals surface area contributed by atoms with Crippen LogP contribution in [0.15, 0.2) is 50.0 Å². The lowest BCUT2D eigenvalue weighted by molar-refractivity contribution is 0.454. The first kappa shape index (κ1) is 12.8.